The molecule has 0 heterocycles. The molecule has 35 heavy (non-hydrogen) atoms. The lowest BCUT2D eigenvalue weighted by Crippen LogP contribution is -2.09. The van der Waals surface area contributed by atoms with Crippen LogP contribution in [0.2, 0.25) is 0 Å². The minimum absolute atomic E-state index is 0.0581. The van der Waals surface area contributed by atoms with Crippen LogP contribution in [0, 0.1) is 5.82 Å². The summed E-state index contributed by atoms with van der Waals surface area (Å²) in [6.07, 6.45) is 3.41. The Bertz CT molecular complexity index is 1310. The first-order valence-corrected chi connectivity index (χ1v) is 12.1. The molecule has 0 saturated heterocycles. The number of sulfone groups is 1. The Morgan fingerprint density at radius 1 is 0.771 bits per heavy atom. The second-order valence-electron chi connectivity index (χ2n) is 7.38. The first-order chi connectivity index (χ1) is 16.8. The van der Waals surface area contributed by atoms with E-state index in [-0.39, 0.29) is 16.2 Å². The lowest BCUT2D eigenvalue weighted by atomic mass is 10.0. The van der Waals surface area contributed by atoms with E-state index in [2.05, 4.69) is 0 Å². The molecule has 0 amide bonds. The van der Waals surface area contributed by atoms with Crippen LogP contribution in [0.5, 0.6) is 28.7 Å². The van der Waals surface area contributed by atoms with Gasteiger partial charge in [0.05, 0.1) is 46.2 Å². The zero-order chi connectivity index (χ0) is 25.6. The molecule has 0 atom stereocenters. The maximum absolute atomic E-state index is 14.6. The van der Waals surface area contributed by atoms with Crippen LogP contribution < -0.4 is 23.7 Å². The van der Waals surface area contributed by atoms with Crippen molar-refractivity contribution >= 4 is 22.0 Å². The highest BCUT2D eigenvalue weighted by atomic mass is 32.2. The van der Waals surface area contributed by atoms with E-state index in [9.17, 15) is 12.8 Å². The van der Waals surface area contributed by atoms with Crippen LogP contribution in [-0.2, 0) is 15.6 Å². The van der Waals surface area contributed by atoms with E-state index in [0.717, 1.165) is 0 Å². The molecule has 0 aromatic heterocycles. The number of ether oxygens (including phenoxy) is 5. The van der Waals surface area contributed by atoms with Gasteiger partial charge in [-0.05, 0) is 47.5 Å². The molecule has 3 rings (SSSR count). The van der Waals surface area contributed by atoms with Gasteiger partial charge in [0.25, 0.3) is 0 Å². The van der Waals surface area contributed by atoms with Gasteiger partial charge in [0.1, 0.15) is 5.75 Å². The zero-order valence-corrected chi connectivity index (χ0v) is 20.9. The highest BCUT2D eigenvalue weighted by molar-refractivity contribution is 7.90. The number of halogens is 1. The summed E-state index contributed by atoms with van der Waals surface area (Å²) in [6, 6.07) is 12.3. The SMILES string of the molecule is COc1cccc(S(=O)(=O)Cc2c(/C=C\c3cc(OC)c(OC)c(OC)c3)ccc(F)c2OC)c1. The Morgan fingerprint density at radius 2 is 1.43 bits per heavy atom. The van der Waals surface area contributed by atoms with Crippen LogP contribution in [0.3, 0.4) is 0 Å². The maximum Gasteiger partial charge on any atom is 0.203 e. The normalized spacial score (nSPS) is 11.4. The van der Waals surface area contributed by atoms with Gasteiger partial charge >= 0.3 is 0 Å². The third-order valence-corrected chi connectivity index (χ3v) is 6.97. The van der Waals surface area contributed by atoms with E-state index < -0.39 is 21.4 Å². The fourth-order valence-corrected chi connectivity index (χ4v) is 5.02. The molecule has 0 radical (unpaired) electrons. The van der Waals surface area contributed by atoms with E-state index in [1.54, 1.807) is 36.4 Å². The molecule has 0 saturated carbocycles. The van der Waals surface area contributed by atoms with E-state index in [0.29, 0.717) is 34.1 Å². The fourth-order valence-electron chi connectivity index (χ4n) is 3.59. The molecule has 186 valence electrons. The van der Waals surface area contributed by atoms with E-state index >= 15 is 0 Å². The molecule has 0 aliphatic heterocycles. The van der Waals surface area contributed by atoms with Gasteiger partial charge in [0.2, 0.25) is 5.75 Å². The first kappa shape index (κ1) is 25.9. The summed E-state index contributed by atoms with van der Waals surface area (Å²) in [5.41, 5.74) is 1.37. The van der Waals surface area contributed by atoms with Crippen molar-refractivity contribution in [3.8, 4) is 28.7 Å². The van der Waals surface area contributed by atoms with Crippen LogP contribution in [-0.4, -0.2) is 44.0 Å². The zero-order valence-electron chi connectivity index (χ0n) is 20.1. The lowest BCUT2D eigenvalue weighted by molar-refractivity contribution is 0.324. The molecule has 9 heteroatoms. The molecular weight excluding hydrogens is 475 g/mol. The molecule has 3 aromatic rings. The van der Waals surface area contributed by atoms with E-state index in [4.69, 9.17) is 23.7 Å². The standard InChI is InChI=1S/C26H27FO7S/c1-30-19-7-6-8-20(15-19)35(28,29)16-21-18(11-12-22(27)25(21)33-4)10-9-17-13-23(31-2)26(34-5)24(14-17)32-3/h6-15H,16H2,1-5H3/b10-9-. The van der Waals surface area contributed by atoms with Gasteiger partial charge in [0.15, 0.2) is 32.9 Å². The average Bonchev–Trinajstić information content (AvgIpc) is 2.87. The first-order valence-electron chi connectivity index (χ1n) is 10.5. The Morgan fingerprint density at radius 3 is 2.00 bits per heavy atom. The minimum Gasteiger partial charge on any atom is -0.497 e. The average molecular weight is 503 g/mol. The molecule has 0 bridgehead atoms. The number of hydrogen-bond acceptors (Lipinski definition) is 7. The summed E-state index contributed by atoms with van der Waals surface area (Å²) in [7, 11) is 3.43. The summed E-state index contributed by atoms with van der Waals surface area (Å²) in [6.45, 7) is 0. The molecule has 0 N–H and O–H groups in total. The van der Waals surface area contributed by atoms with Gasteiger partial charge < -0.3 is 23.7 Å². The van der Waals surface area contributed by atoms with Crippen molar-refractivity contribution in [1.82, 2.24) is 0 Å². The van der Waals surface area contributed by atoms with Crippen LogP contribution in [0.1, 0.15) is 16.7 Å². The highest BCUT2D eigenvalue weighted by Gasteiger charge is 2.23. The minimum atomic E-state index is -3.85. The molecule has 3 aromatic carbocycles. The van der Waals surface area contributed by atoms with Crippen molar-refractivity contribution < 1.29 is 36.5 Å². The van der Waals surface area contributed by atoms with Crippen LogP contribution in [0.4, 0.5) is 4.39 Å². The molecule has 0 aliphatic rings. The van der Waals surface area contributed by atoms with Gasteiger partial charge in [0, 0.05) is 5.56 Å². The van der Waals surface area contributed by atoms with E-state index in [1.807, 2.05) is 0 Å². The Hall–Kier alpha value is -3.72. The molecule has 0 spiro atoms. The third-order valence-electron chi connectivity index (χ3n) is 5.33. The van der Waals surface area contributed by atoms with Crippen molar-refractivity contribution in [1.29, 1.82) is 0 Å². The number of hydrogen-bond donors (Lipinski definition) is 0. The van der Waals surface area contributed by atoms with Crippen molar-refractivity contribution in [2.24, 2.45) is 0 Å². The Balaban J connectivity index is 2.07. The number of methoxy groups -OCH3 is 5. The highest BCUT2D eigenvalue weighted by Crippen LogP contribution is 2.39. The van der Waals surface area contributed by atoms with Crippen molar-refractivity contribution in [3.05, 3.63) is 71.0 Å². The van der Waals surface area contributed by atoms with Crippen LogP contribution in [0.15, 0.2) is 53.4 Å². The molecule has 7 nitrogen and oxygen atoms in total. The summed E-state index contributed by atoms with van der Waals surface area (Å²) in [4.78, 5) is 0.0581. The second-order valence-corrected chi connectivity index (χ2v) is 9.37. The monoisotopic (exact) mass is 502 g/mol. The topological polar surface area (TPSA) is 80.3 Å². The lowest BCUT2D eigenvalue weighted by Gasteiger charge is -2.14. The van der Waals surface area contributed by atoms with Crippen molar-refractivity contribution in [3.63, 3.8) is 0 Å². The van der Waals surface area contributed by atoms with Crippen molar-refractivity contribution in [2.75, 3.05) is 35.5 Å². The van der Waals surface area contributed by atoms with Gasteiger partial charge in [-0.1, -0.05) is 24.3 Å². The van der Waals surface area contributed by atoms with Crippen LogP contribution >= 0.6 is 0 Å². The largest absolute Gasteiger partial charge is 0.497 e. The summed E-state index contributed by atoms with van der Waals surface area (Å²) >= 11 is 0. The molecule has 0 aliphatic carbocycles. The van der Waals surface area contributed by atoms with Crippen molar-refractivity contribution in [2.45, 2.75) is 10.6 Å². The maximum atomic E-state index is 14.6. The summed E-state index contributed by atoms with van der Waals surface area (Å²) in [5.74, 6) is 0.501. The smallest absolute Gasteiger partial charge is 0.203 e. The second kappa shape index (κ2) is 11.1. The summed E-state index contributed by atoms with van der Waals surface area (Å²) in [5, 5.41) is 0. The van der Waals surface area contributed by atoms with E-state index in [1.165, 1.54) is 59.8 Å². The Kier molecular flexibility index (Phi) is 8.24. The predicted octanol–water partition coefficient (Wildman–Crippen LogP) is 5.01. The van der Waals surface area contributed by atoms with Gasteiger partial charge in [-0.25, -0.2) is 12.8 Å². The summed E-state index contributed by atoms with van der Waals surface area (Å²) < 4.78 is 67.5. The van der Waals surface area contributed by atoms with Gasteiger partial charge in [-0.2, -0.15) is 0 Å². The number of benzene rings is 3. The molecule has 0 unspecified atom stereocenters. The molecular formula is C26H27FO7S. The molecule has 0 fully saturated rings. The fraction of sp³-hybridized carbons (Fsp3) is 0.231. The van der Waals surface area contributed by atoms with Crippen LogP contribution in [0.25, 0.3) is 12.2 Å². The third kappa shape index (κ3) is 5.68. The Labute approximate surface area is 204 Å². The van der Waals surface area contributed by atoms with Gasteiger partial charge in [-0.15, -0.1) is 0 Å². The number of rotatable bonds is 10. The quantitative estimate of drug-likeness (QED) is 0.361. The van der Waals surface area contributed by atoms with Gasteiger partial charge in [-0.3, -0.25) is 0 Å². The predicted molar refractivity (Wildman–Crippen MR) is 132 cm³/mol.